The zero-order valence-electron chi connectivity index (χ0n) is 11.8. The number of carbonyl (C=O) groups is 1. The molecule has 3 N–H and O–H groups in total. The number of benzene rings is 2. The molecular weight excluding hydrogens is 278 g/mol. The van der Waals surface area contributed by atoms with E-state index in [1.165, 1.54) is 0 Å². The van der Waals surface area contributed by atoms with Gasteiger partial charge in [0.2, 0.25) is 5.91 Å². The van der Waals surface area contributed by atoms with Crippen molar-refractivity contribution in [2.75, 3.05) is 11.9 Å². The summed E-state index contributed by atoms with van der Waals surface area (Å²) in [7, 11) is 0. The number of amides is 1. The van der Waals surface area contributed by atoms with E-state index >= 15 is 0 Å². The van der Waals surface area contributed by atoms with E-state index in [0.717, 1.165) is 17.1 Å². The maximum Gasteiger partial charge on any atom is 0.231 e. The van der Waals surface area contributed by atoms with Crippen LogP contribution < -0.4 is 10.6 Å². The zero-order valence-corrected chi connectivity index (χ0v) is 11.8. The van der Waals surface area contributed by atoms with Gasteiger partial charge in [0.25, 0.3) is 0 Å². The Labute approximate surface area is 127 Å². The van der Waals surface area contributed by atoms with Gasteiger partial charge in [-0.25, -0.2) is 0 Å². The van der Waals surface area contributed by atoms with E-state index < -0.39 is 5.92 Å². The smallest absolute Gasteiger partial charge is 0.231 e. The van der Waals surface area contributed by atoms with Gasteiger partial charge in [-0.05, 0) is 18.2 Å². The highest BCUT2D eigenvalue weighted by molar-refractivity contribution is 6.13. The van der Waals surface area contributed by atoms with Crippen LogP contribution in [-0.4, -0.2) is 23.3 Å². The Bertz CT molecular complexity index is 785. The summed E-state index contributed by atoms with van der Waals surface area (Å²) in [5.74, 6) is -0.300. The zero-order chi connectivity index (χ0) is 15.1. The summed E-state index contributed by atoms with van der Waals surface area (Å²) in [6, 6.07) is 14.5. The van der Waals surface area contributed by atoms with Crippen molar-refractivity contribution in [1.29, 1.82) is 0 Å². The molecule has 1 amide bonds. The number of rotatable bonds is 1. The Morgan fingerprint density at radius 1 is 1.09 bits per heavy atom. The topological polar surface area (TPSA) is 73.7 Å². The Hall–Kier alpha value is -2.82. The summed E-state index contributed by atoms with van der Waals surface area (Å²) in [5.41, 5.74) is 3.19. The Morgan fingerprint density at radius 3 is 2.73 bits per heavy atom. The molecule has 0 spiro atoms. The highest BCUT2D eigenvalue weighted by Gasteiger charge is 2.41. The van der Waals surface area contributed by atoms with E-state index in [2.05, 4.69) is 15.6 Å². The van der Waals surface area contributed by atoms with Crippen LogP contribution in [0.3, 0.4) is 0 Å². The number of aliphatic imine (C=N–C) groups is 1. The summed E-state index contributed by atoms with van der Waals surface area (Å²) in [5, 5.41) is 16.4. The molecule has 1 saturated heterocycles. The molecule has 2 aliphatic heterocycles. The predicted octanol–water partition coefficient (Wildman–Crippen LogP) is 2.38. The monoisotopic (exact) mass is 293 g/mol. The van der Waals surface area contributed by atoms with Gasteiger partial charge in [-0.1, -0.05) is 30.3 Å². The second-order valence-corrected chi connectivity index (χ2v) is 5.50. The van der Waals surface area contributed by atoms with Crippen molar-refractivity contribution < 1.29 is 9.90 Å². The van der Waals surface area contributed by atoms with Crippen molar-refractivity contribution in [1.82, 2.24) is 5.32 Å². The predicted molar refractivity (Wildman–Crippen MR) is 84.5 cm³/mol. The lowest BCUT2D eigenvalue weighted by atomic mass is 9.90. The molecular formula is C17H15N3O2. The number of anilines is 1. The SMILES string of the molecule is O=C1NCC2=Nc3ccccc3NC(c3ccccc3O)C12. The number of nitrogens with zero attached hydrogens (tertiary/aromatic N) is 1. The fraction of sp³-hybridized carbons (Fsp3) is 0.176. The van der Waals surface area contributed by atoms with E-state index in [-0.39, 0.29) is 17.7 Å². The first-order valence-electron chi connectivity index (χ1n) is 7.22. The van der Waals surface area contributed by atoms with Crippen LogP contribution in [0.2, 0.25) is 0 Å². The molecule has 5 heteroatoms. The van der Waals surface area contributed by atoms with Crippen molar-refractivity contribution in [2.45, 2.75) is 6.04 Å². The third-order valence-electron chi connectivity index (χ3n) is 4.17. The molecule has 4 rings (SSSR count). The van der Waals surface area contributed by atoms with Crippen molar-refractivity contribution in [3.8, 4) is 5.75 Å². The molecule has 2 atom stereocenters. The average molecular weight is 293 g/mol. The maximum absolute atomic E-state index is 12.3. The molecule has 1 fully saturated rings. The summed E-state index contributed by atoms with van der Waals surface area (Å²) >= 11 is 0. The van der Waals surface area contributed by atoms with Crippen LogP contribution in [0.15, 0.2) is 53.5 Å². The fourth-order valence-electron chi connectivity index (χ4n) is 3.11. The van der Waals surface area contributed by atoms with Crippen LogP contribution in [0.1, 0.15) is 11.6 Å². The number of phenols is 1. The number of carbonyl (C=O) groups excluding carboxylic acids is 1. The van der Waals surface area contributed by atoms with Gasteiger partial charge >= 0.3 is 0 Å². The van der Waals surface area contributed by atoms with Crippen LogP contribution in [0.4, 0.5) is 11.4 Å². The van der Waals surface area contributed by atoms with Crippen molar-refractivity contribution in [3.63, 3.8) is 0 Å². The second kappa shape index (κ2) is 4.87. The minimum absolute atomic E-state index is 0.0627. The van der Waals surface area contributed by atoms with Gasteiger partial charge in [0.15, 0.2) is 0 Å². The Kier molecular flexibility index (Phi) is 2.85. The number of hydrogen-bond acceptors (Lipinski definition) is 4. The molecule has 2 aliphatic rings. The first kappa shape index (κ1) is 12.9. The quantitative estimate of drug-likeness (QED) is 0.755. The molecule has 0 aromatic heterocycles. The van der Waals surface area contributed by atoms with Gasteiger partial charge in [-0.2, -0.15) is 0 Å². The Balaban J connectivity index is 1.89. The molecule has 2 aromatic carbocycles. The first-order chi connectivity index (χ1) is 10.7. The average Bonchev–Trinajstić information content (AvgIpc) is 2.79. The molecule has 22 heavy (non-hydrogen) atoms. The van der Waals surface area contributed by atoms with E-state index in [1.54, 1.807) is 12.1 Å². The number of nitrogens with one attached hydrogen (secondary N) is 2. The number of aromatic hydroxyl groups is 1. The highest BCUT2D eigenvalue weighted by Crippen LogP contribution is 2.40. The Morgan fingerprint density at radius 2 is 1.86 bits per heavy atom. The first-order valence-corrected chi connectivity index (χ1v) is 7.22. The normalized spacial score (nSPS) is 22.7. The lowest BCUT2D eigenvalue weighted by Crippen LogP contribution is -2.30. The van der Waals surface area contributed by atoms with Gasteiger partial charge in [0.1, 0.15) is 11.7 Å². The standard InChI is InChI=1S/C17H15N3O2/c21-14-8-4-1-5-10(14)16-15-13(9-18-17(15)22)19-11-6-2-3-7-12(11)20-16/h1-8,15-16,20-21H,9H2,(H,18,22). The van der Waals surface area contributed by atoms with E-state index in [4.69, 9.17) is 0 Å². The third kappa shape index (κ3) is 1.94. The van der Waals surface area contributed by atoms with Crippen LogP contribution in [0.25, 0.3) is 0 Å². The van der Waals surface area contributed by atoms with E-state index in [1.807, 2.05) is 36.4 Å². The number of fused-ring (bicyclic) bond motifs is 2. The van der Waals surface area contributed by atoms with Crippen LogP contribution in [-0.2, 0) is 4.79 Å². The lowest BCUT2D eigenvalue weighted by Gasteiger charge is -2.24. The van der Waals surface area contributed by atoms with Gasteiger partial charge < -0.3 is 15.7 Å². The third-order valence-corrected chi connectivity index (χ3v) is 4.17. The van der Waals surface area contributed by atoms with Crippen molar-refractivity contribution >= 4 is 23.0 Å². The summed E-state index contributed by atoms with van der Waals surface area (Å²) in [4.78, 5) is 16.9. The van der Waals surface area contributed by atoms with Crippen LogP contribution in [0, 0.1) is 5.92 Å². The van der Waals surface area contributed by atoms with Crippen molar-refractivity contribution in [2.24, 2.45) is 10.9 Å². The number of phenolic OH excluding ortho intramolecular Hbond substituents is 1. The minimum Gasteiger partial charge on any atom is -0.508 e. The largest absolute Gasteiger partial charge is 0.508 e. The summed E-state index contributed by atoms with van der Waals surface area (Å²) in [6.45, 7) is 0.448. The summed E-state index contributed by atoms with van der Waals surface area (Å²) in [6.07, 6.45) is 0. The van der Waals surface area contributed by atoms with Crippen LogP contribution >= 0.6 is 0 Å². The molecule has 110 valence electrons. The maximum atomic E-state index is 12.3. The molecule has 2 aromatic rings. The van der Waals surface area contributed by atoms with Gasteiger partial charge in [0, 0.05) is 5.56 Å². The molecule has 0 aliphatic carbocycles. The molecule has 0 bridgehead atoms. The molecule has 0 saturated carbocycles. The molecule has 2 unspecified atom stereocenters. The molecule has 5 nitrogen and oxygen atoms in total. The van der Waals surface area contributed by atoms with E-state index in [9.17, 15) is 9.90 Å². The molecule has 0 radical (unpaired) electrons. The number of para-hydroxylation sites is 3. The van der Waals surface area contributed by atoms with Crippen molar-refractivity contribution in [3.05, 3.63) is 54.1 Å². The lowest BCUT2D eigenvalue weighted by molar-refractivity contribution is -0.121. The molecule has 2 heterocycles. The van der Waals surface area contributed by atoms with Crippen LogP contribution in [0.5, 0.6) is 5.75 Å². The minimum atomic E-state index is -0.416. The summed E-state index contributed by atoms with van der Waals surface area (Å²) < 4.78 is 0. The highest BCUT2D eigenvalue weighted by atomic mass is 16.3. The fourth-order valence-corrected chi connectivity index (χ4v) is 3.11. The second-order valence-electron chi connectivity index (χ2n) is 5.50. The van der Waals surface area contributed by atoms with Gasteiger partial charge in [-0.15, -0.1) is 0 Å². The van der Waals surface area contributed by atoms with Gasteiger partial charge in [0.05, 0.1) is 29.7 Å². The van der Waals surface area contributed by atoms with E-state index in [0.29, 0.717) is 12.1 Å². The van der Waals surface area contributed by atoms with Gasteiger partial charge in [-0.3, -0.25) is 9.79 Å². The number of hydrogen-bond donors (Lipinski definition) is 3.